The van der Waals surface area contributed by atoms with Crippen LogP contribution in [0.15, 0.2) is 58.1 Å². The van der Waals surface area contributed by atoms with Crippen LogP contribution in [0, 0.1) is 20.8 Å². The van der Waals surface area contributed by atoms with Gasteiger partial charge in [0.1, 0.15) is 22.7 Å². The molecule has 0 saturated heterocycles. The lowest BCUT2D eigenvalue weighted by molar-refractivity contribution is 0.298. The average Bonchev–Trinajstić information content (AvgIpc) is 2.80. The summed E-state index contributed by atoms with van der Waals surface area (Å²) in [7, 11) is 0. The summed E-state index contributed by atoms with van der Waals surface area (Å²) < 4.78 is 7.91. The maximum Gasteiger partial charge on any atom is 0.273 e. The predicted octanol–water partition coefficient (Wildman–Crippen LogP) is 5.65. The van der Waals surface area contributed by atoms with Gasteiger partial charge in [-0.05, 0) is 66.5 Å². The quantitative estimate of drug-likeness (QED) is 0.329. The number of rotatable bonds is 5. The standard InChI is InChI=1S/C27H28BrN5O2/c1-16-14-30-26(27(4,5)6)32-24(16)21-13-20(10-11-29-21)33-18(3)12-22(23(28)25(33)34)35-15-19-9-7-8-17(2)31-19/h7-14H,15H2,1-6H3. The van der Waals surface area contributed by atoms with Crippen LogP contribution in [0.1, 0.15) is 49.2 Å². The van der Waals surface area contributed by atoms with Crippen LogP contribution in [0.3, 0.4) is 0 Å². The second-order valence-electron chi connectivity index (χ2n) is 9.54. The summed E-state index contributed by atoms with van der Waals surface area (Å²) in [5, 5.41) is 0. The van der Waals surface area contributed by atoms with E-state index in [0.717, 1.165) is 34.2 Å². The summed E-state index contributed by atoms with van der Waals surface area (Å²) in [4.78, 5) is 31.6. The van der Waals surface area contributed by atoms with E-state index in [-0.39, 0.29) is 17.6 Å². The van der Waals surface area contributed by atoms with Crippen molar-refractivity contribution in [3.8, 4) is 22.8 Å². The molecule has 35 heavy (non-hydrogen) atoms. The maximum absolute atomic E-state index is 13.4. The minimum atomic E-state index is -0.218. The topological polar surface area (TPSA) is 82.8 Å². The van der Waals surface area contributed by atoms with Gasteiger partial charge in [-0.2, -0.15) is 0 Å². The van der Waals surface area contributed by atoms with Gasteiger partial charge >= 0.3 is 0 Å². The van der Waals surface area contributed by atoms with E-state index in [4.69, 9.17) is 9.72 Å². The van der Waals surface area contributed by atoms with E-state index in [1.54, 1.807) is 10.8 Å². The lowest BCUT2D eigenvalue weighted by Crippen LogP contribution is -2.22. The molecule has 0 aliphatic carbocycles. The Kier molecular flexibility index (Phi) is 6.85. The Bertz CT molecular complexity index is 1460. The summed E-state index contributed by atoms with van der Waals surface area (Å²) in [6, 6.07) is 11.3. The zero-order valence-corrected chi connectivity index (χ0v) is 22.3. The van der Waals surface area contributed by atoms with Crippen molar-refractivity contribution in [3.05, 3.63) is 92.1 Å². The third-order valence-electron chi connectivity index (χ3n) is 5.51. The number of halogens is 1. The number of pyridine rings is 3. The molecule has 0 aliphatic rings. The fourth-order valence-electron chi connectivity index (χ4n) is 3.69. The zero-order valence-electron chi connectivity index (χ0n) is 20.8. The highest BCUT2D eigenvalue weighted by atomic mass is 79.9. The van der Waals surface area contributed by atoms with Crippen LogP contribution >= 0.6 is 15.9 Å². The third kappa shape index (κ3) is 5.32. The van der Waals surface area contributed by atoms with Crippen molar-refractivity contribution in [2.75, 3.05) is 0 Å². The molecule has 7 nitrogen and oxygen atoms in total. The van der Waals surface area contributed by atoms with Gasteiger partial charge in [0, 0.05) is 35.3 Å². The van der Waals surface area contributed by atoms with Crippen LogP contribution in [0.4, 0.5) is 0 Å². The Morgan fingerprint density at radius 2 is 1.80 bits per heavy atom. The highest BCUT2D eigenvalue weighted by molar-refractivity contribution is 9.10. The second kappa shape index (κ2) is 9.70. The number of aryl methyl sites for hydroxylation is 3. The van der Waals surface area contributed by atoms with Gasteiger partial charge in [-0.1, -0.05) is 26.8 Å². The van der Waals surface area contributed by atoms with Gasteiger partial charge in [0.15, 0.2) is 0 Å². The summed E-state index contributed by atoms with van der Waals surface area (Å²) in [6.07, 6.45) is 3.51. The van der Waals surface area contributed by atoms with Crippen LogP contribution in [0.25, 0.3) is 17.1 Å². The lowest BCUT2D eigenvalue weighted by Gasteiger charge is -2.18. The number of aromatic nitrogens is 5. The molecule has 0 spiro atoms. The van der Waals surface area contributed by atoms with E-state index in [0.29, 0.717) is 21.6 Å². The normalized spacial score (nSPS) is 11.5. The van der Waals surface area contributed by atoms with Gasteiger partial charge in [0.2, 0.25) is 0 Å². The molecule has 0 unspecified atom stereocenters. The zero-order chi connectivity index (χ0) is 25.3. The van der Waals surface area contributed by atoms with Gasteiger partial charge in [0.05, 0.1) is 22.8 Å². The molecule has 180 valence electrons. The summed E-state index contributed by atoms with van der Waals surface area (Å²) >= 11 is 3.44. The number of ether oxygens (including phenoxy) is 1. The minimum absolute atomic E-state index is 0.192. The molecular formula is C27H28BrN5O2. The molecule has 8 heteroatoms. The third-order valence-corrected chi connectivity index (χ3v) is 6.24. The average molecular weight is 534 g/mol. The predicted molar refractivity (Wildman–Crippen MR) is 140 cm³/mol. The number of hydrogen-bond acceptors (Lipinski definition) is 6. The molecule has 0 aromatic carbocycles. The van der Waals surface area contributed by atoms with Crippen LogP contribution in [0.2, 0.25) is 0 Å². The Morgan fingerprint density at radius 3 is 2.51 bits per heavy atom. The summed E-state index contributed by atoms with van der Waals surface area (Å²) in [5.74, 6) is 1.22. The van der Waals surface area contributed by atoms with Crippen molar-refractivity contribution in [2.45, 2.75) is 53.6 Å². The van der Waals surface area contributed by atoms with E-state index >= 15 is 0 Å². The minimum Gasteiger partial charge on any atom is -0.486 e. The molecule has 0 fully saturated rings. The van der Waals surface area contributed by atoms with Crippen molar-refractivity contribution in [1.82, 2.24) is 24.5 Å². The molecule has 4 aromatic heterocycles. The molecule has 0 N–H and O–H groups in total. The van der Waals surface area contributed by atoms with Gasteiger partial charge < -0.3 is 4.74 Å². The monoisotopic (exact) mass is 533 g/mol. The molecule has 0 bridgehead atoms. The smallest absolute Gasteiger partial charge is 0.273 e. The molecule has 0 atom stereocenters. The van der Waals surface area contributed by atoms with E-state index in [9.17, 15) is 4.79 Å². The second-order valence-corrected chi connectivity index (χ2v) is 10.3. The van der Waals surface area contributed by atoms with Crippen LogP contribution in [-0.2, 0) is 12.0 Å². The van der Waals surface area contributed by atoms with Crippen LogP contribution in [-0.4, -0.2) is 24.5 Å². The van der Waals surface area contributed by atoms with Gasteiger partial charge in [-0.25, -0.2) is 9.97 Å². The Balaban J connectivity index is 1.71. The Labute approximate surface area is 213 Å². The fraction of sp³-hybridized carbons (Fsp3) is 0.296. The first kappa shape index (κ1) is 24.7. The summed E-state index contributed by atoms with van der Waals surface area (Å²) in [6.45, 7) is 12.3. The SMILES string of the molecule is Cc1cccc(COc2cc(C)n(-c3ccnc(-c4nc(C(C)(C)C)ncc4C)c3)c(=O)c2Br)n1. The van der Waals surface area contributed by atoms with Crippen molar-refractivity contribution in [3.63, 3.8) is 0 Å². The first-order valence-electron chi connectivity index (χ1n) is 11.3. The molecule has 0 saturated carbocycles. The fourth-order valence-corrected chi connectivity index (χ4v) is 4.10. The van der Waals surface area contributed by atoms with Crippen molar-refractivity contribution in [1.29, 1.82) is 0 Å². The van der Waals surface area contributed by atoms with Crippen molar-refractivity contribution < 1.29 is 4.74 Å². The Hall–Kier alpha value is -3.39. The largest absolute Gasteiger partial charge is 0.486 e. The van der Waals surface area contributed by atoms with E-state index in [1.165, 1.54) is 0 Å². The van der Waals surface area contributed by atoms with E-state index < -0.39 is 0 Å². The molecule has 0 aliphatic heterocycles. The van der Waals surface area contributed by atoms with Gasteiger partial charge in [-0.15, -0.1) is 0 Å². The first-order valence-corrected chi connectivity index (χ1v) is 12.1. The number of nitrogens with zero attached hydrogens (tertiary/aromatic N) is 5. The van der Waals surface area contributed by atoms with E-state index in [2.05, 4.69) is 51.7 Å². The van der Waals surface area contributed by atoms with Crippen LogP contribution < -0.4 is 10.3 Å². The maximum atomic E-state index is 13.4. The summed E-state index contributed by atoms with van der Waals surface area (Å²) in [5.41, 5.74) is 5.08. The molecule has 4 heterocycles. The first-order chi connectivity index (χ1) is 16.5. The van der Waals surface area contributed by atoms with Crippen molar-refractivity contribution in [2.24, 2.45) is 0 Å². The number of hydrogen-bond donors (Lipinski definition) is 0. The highest BCUT2D eigenvalue weighted by Gasteiger charge is 2.20. The van der Waals surface area contributed by atoms with Gasteiger partial charge in [0.25, 0.3) is 5.56 Å². The highest BCUT2D eigenvalue weighted by Crippen LogP contribution is 2.27. The molecule has 0 radical (unpaired) electrons. The van der Waals surface area contributed by atoms with Crippen LogP contribution in [0.5, 0.6) is 5.75 Å². The molecule has 0 amide bonds. The van der Waals surface area contributed by atoms with Crippen molar-refractivity contribution >= 4 is 15.9 Å². The molecule has 4 aromatic rings. The Morgan fingerprint density at radius 1 is 1.03 bits per heavy atom. The van der Waals surface area contributed by atoms with E-state index in [1.807, 2.05) is 63.4 Å². The van der Waals surface area contributed by atoms with Gasteiger partial charge in [-0.3, -0.25) is 19.3 Å². The molecular weight excluding hydrogens is 506 g/mol. The lowest BCUT2D eigenvalue weighted by atomic mass is 9.95. The molecule has 4 rings (SSSR count).